The summed E-state index contributed by atoms with van der Waals surface area (Å²) in [5.41, 5.74) is 2.40. The molecule has 2 aromatic rings. The van der Waals surface area contributed by atoms with Crippen LogP contribution in [-0.2, 0) is 6.54 Å². The van der Waals surface area contributed by atoms with Crippen LogP contribution in [0.1, 0.15) is 25.1 Å². The molecular weight excluding hydrogens is 310 g/mol. The van der Waals surface area contributed by atoms with Crippen LogP contribution in [0, 0.1) is 12.8 Å². The number of aromatic nitrogens is 2. The van der Waals surface area contributed by atoms with Crippen LogP contribution in [0.2, 0.25) is 0 Å². The SMILES string of the molecule is Cc1cc(N2CCN(Cc3ccccc3)CC2)nc(NCC(C)C)n1. The van der Waals surface area contributed by atoms with Crippen LogP contribution in [0.15, 0.2) is 36.4 Å². The van der Waals surface area contributed by atoms with Crippen molar-refractivity contribution in [3.05, 3.63) is 47.7 Å². The highest BCUT2D eigenvalue weighted by Crippen LogP contribution is 2.18. The van der Waals surface area contributed by atoms with Crippen LogP contribution in [0.25, 0.3) is 0 Å². The van der Waals surface area contributed by atoms with E-state index in [1.165, 1.54) is 5.56 Å². The second-order valence-electron chi connectivity index (χ2n) is 7.21. The Hall–Kier alpha value is -2.14. The zero-order valence-electron chi connectivity index (χ0n) is 15.6. The molecular formula is C20H29N5. The molecule has 0 atom stereocenters. The second kappa shape index (κ2) is 8.30. The zero-order chi connectivity index (χ0) is 17.6. The Balaban J connectivity index is 1.58. The molecule has 0 aliphatic carbocycles. The lowest BCUT2D eigenvalue weighted by Crippen LogP contribution is -2.46. The fourth-order valence-corrected chi connectivity index (χ4v) is 3.07. The van der Waals surface area contributed by atoms with Gasteiger partial charge in [-0.3, -0.25) is 4.90 Å². The number of nitrogens with one attached hydrogen (secondary N) is 1. The summed E-state index contributed by atoms with van der Waals surface area (Å²) >= 11 is 0. The van der Waals surface area contributed by atoms with E-state index in [1.54, 1.807) is 0 Å². The van der Waals surface area contributed by atoms with Gasteiger partial charge in [0.05, 0.1) is 0 Å². The van der Waals surface area contributed by atoms with Gasteiger partial charge < -0.3 is 10.2 Å². The summed E-state index contributed by atoms with van der Waals surface area (Å²) in [6.45, 7) is 12.5. The molecule has 1 saturated heterocycles. The van der Waals surface area contributed by atoms with Gasteiger partial charge >= 0.3 is 0 Å². The molecule has 0 saturated carbocycles. The minimum atomic E-state index is 0.578. The third-order valence-corrected chi connectivity index (χ3v) is 4.45. The fourth-order valence-electron chi connectivity index (χ4n) is 3.07. The van der Waals surface area contributed by atoms with Crippen LogP contribution in [0.5, 0.6) is 0 Å². The average molecular weight is 339 g/mol. The molecule has 134 valence electrons. The number of rotatable bonds is 6. The number of nitrogens with zero attached hydrogens (tertiary/aromatic N) is 4. The van der Waals surface area contributed by atoms with Gasteiger partial charge in [-0.05, 0) is 18.4 Å². The van der Waals surface area contributed by atoms with Crippen molar-refractivity contribution in [1.29, 1.82) is 0 Å². The molecule has 1 fully saturated rings. The topological polar surface area (TPSA) is 44.3 Å². The van der Waals surface area contributed by atoms with Gasteiger partial charge in [0, 0.05) is 51.0 Å². The van der Waals surface area contributed by atoms with E-state index < -0.39 is 0 Å². The van der Waals surface area contributed by atoms with E-state index in [-0.39, 0.29) is 0 Å². The number of hydrogen-bond acceptors (Lipinski definition) is 5. The minimum absolute atomic E-state index is 0.578. The highest BCUT2D eigenvalue weighted by Gasteiger charge is 2.19. The summed E-state index contributed by atoms with van der Waals surface area (Å²) < 4.78 is 0. The van der Waals surface area contributed by atoms with Crippen LogP contribution in [0.4, 0.5) is 11.8 Å². The molecule has 5 heteroatoms. The summed E-state index contributed by atoms with van der Waals surface area (Å²) in [6, 6.07) is 12.8. The first-order chi connectivity index (χ1) is 12.1. The number of benzene rings is 1. The number of anilines is 2. The molecule has 2 heterocycles. The van der Waals surface area contributed by atoms with E-state index in [1.807, 2.05) is 6.92 Å². The molecule has 0 amide bonds. The van der Waals surface area contributed by atoms with Crippen molar-refractivity contribution in [2.45, 2.75) is 27.3 Å². The maximum atomic E-state index is 4.72. The third-order valence-electron chi connectivity index (χ3n) is 4.45. The molecule has 1 aliphatic heterocycles. The second-order valence-corrected chi connectivity index (χ2v) is 7.21. The first-order valence-electron chi connectivity index (χ1n) is 9.21. The van der Waals surface area contributed by atoms with Crippen molar-refractivity contribution in [3.8, 4) is 0 Å². The van der Waals surface area contributed by atoms with Gasteiger partial charge in [-0.2, -0.15) is 4.98 Å². The van der Waals surface area contributed by atoms with Gasteiger partial charge in [-0.25, -0.2) is 4.98 Å². The lowest BCUT2D eigenvalue weighted by atomic mass is 10.2. The number of hydrogen-bond donors (Lipinski definition) is 1. The Morgan fingerprint density at radius 2 is 1.76 bits per heavy atom. The first-order valence-corrected chi connectivity index (χ1v) is 9.21. The van der Waals surface area contributed by atoms with Gasteiger partial charge in [-0.15, -0.1) is 0 Å². The first kappa shape index (κ1) is 17.7. The maximum Gasteiger partial charge on any atom is 0.224 e. The number of aryl methyl sites for hydroxylation is 1. The van der Waals surface area contributed by atoms with E-state index in [0.717, 1.165) is 56.7 Å². The van der Waals surface area contributed by atoms with Gasteiger partial charge in [0.1, 0.15) is 5.82 Å². The highest BCUT2D eigenvalue weighted by atomic mass is 15.3. The molecule has 5 nitrogen and oxygen atoms in total. The molecule has 25 heavy (non-hydrogen) atoms. The van der Waals surface area contributed by atoms with Crippen molar-refractivity contribution in [3.63, 3.8) is 0 Å². The van der Waals surface area contributed by atoms with Crippen LogP contribution in [0.3, 0.4) is 0 Å². The fraction of sp³-hybridized carbons (Fsp3) is 0.500. The van der Waals surface area contributed by atoms with E-state index in [2.05, 4.69) is 70.3 Å². The third kappa shape index (κ3) is 5.16. The molecule has 0 spiro atoms. The van der Waals surface area contributed by atoms with Crippen molar-refractivity contribution in [2.75, 3.05) is 42.9 Å². The van der Waals surface area contributed by atoms with E-state index in [4.69, 9.17) is 4.98 Å². The normalized spacial score (nSPS) is 15.6. The van der Waals surface area contributed by atoms with Crippen LogP contribution >= 0.6 is 0 Å². The van der Waals surface area contributed by atoms with E-state index in [9.17, 15) is 0 Å². The summed E-state index contributed by atoms with van der Waals surface area (Å²) in [6.07, 6.45) is 0. The Bertz CT molecular complexity index is 663. The molecule has 0 bridgehead atoms. The summed E-state index contributed by atoms with van der Waals surface area (Å²) in [4.78, 5) is 14.1. The summed E-state index contributed by atoms with van der Waals surface area (Å²) in [5, 5.41) is 3.35. The Morgan fingerprint density at radius 3 is 2.44 bits per heavy atom. The van der Waals surface area contributed by atoms with Gasteiger partial charge in [0.25, 0.3) is 0 Å². The van der Waals surface area contributed by atoms with Crippen molar-refractivity contribution in [2.24, 2.45) is 5.92 Å². The monoisotopic (exact) mass is 339 g/mol. The van der Waals surface area contributed by atoms with E-state index >= 15 is 0 Å². The molecule has 1 aliphatic rings. The zero-order valence-corrected chi connectivity index (χ0v) is 15.6. The van der Waals surface area contributed by atoms with Gasteiger partial charge in [-0.1, -0.05) is 44.2 Å². The average Bonchev–Trinajstić information content (AvgIpc) is 2.61. The predicted molar refractivity (Wildman–Crippen MR) is 104 cm³/mol. The van der Waals surface area contributed by atoms with Gasteiger partial charge in [0.2, 0.25) is 5.95 Å². The van der Waals surface area contributed by atoms with Gasteiger partial charge in [0.15, 0.2) is 0 Å². The Labute approximate surface area is 151 Å². The molecule has 1 aromatic heterocycles. The molecule has 0 unspecified atom stereocenters. The lowest BCUT2D eigenvalue weighted by Gasteiger charge is -2.35. The standard InChI is InChI=1S/C20H29N5/c1-16(2)14-21-20-22-17(3)13-19(23-20)25-11-9-24(10-12-25)15-18-7-5-4-6-8-18/h4-8,13,16H,9-12,14-15H2,1-3H3,(H,21,22,23). The molecule has 3 rings (SSSR count). The van der Waals surface area contributed by atoms with Crippen molar-refractivity contribution >= 4 is 11.8 Å². The summed E-state index contributed by atoms with van der Waals surface area (Å²) in [7, 11) is 0. The highest BCUT2D eigenvalue weighted by molar-refractivity contribution is 5.45. The molecule has 1 aromatic carbocycles. The van der Waals surface area contributed by atoms with Crippen LogP contribution in [-0.4, -0.2) is 47.6 Å². The molecule has 1 N–H and O–H groups in total. The predicted octanol–water partition coefficient (Wildman–Crippen LogP) is 3.18. The number of piperazine rings is 1. The smallest absolute Gasteiger partial charge is 0.224 e. The largest absolute Gasteiger partial charge is 0.354 e. The molecule has 0 radical (unpaired) electrons. The minimum Gasteiger partial charge on any atom is -0.354 e. The Morgan fingerprint density at radius 1 is 1.04 bits per heavy atom. The lowest BCUT2D eigenvalue weighted by molar-refractivity contribution is 0.249. The Kier molecular flexibility index (Phi) is 5.87. The maximum absolute atomic E-state index is 4.72. The van der Waals surface area contributed by atoms with Crippen LogP contribution < -0.4 is 10.2 Å². The van der Waals surface area contributed by atoms with Crippen molar-refractivity contribution < 1.29 is 0 Å². The van der Waals surface area contributed by atoms with Crippen molar-refractivity contribution in [1.82, 2.24) is 14.9 Å². The quantitative estimate of drug-likeness (QED) is 0.876. The summed E-state index contributed by atoms with van der Waals surface area (Å²) in [5.74, 6) is 2.36. The van der Waals surface area contributed by atoms with E-state index in [0.29, 0.717) is 5.92 Å².